The molecular formula is C33H44N2O4S. The van der Waals surface area contributed by atoms with Crippen molar-refractivity contribution < 1.29 is 17.9 Å². The van der Waals surface area contributed by atoms with Gasteiger partial charge >= 0.3 is 0 Å². The van der Waals surface area contributed by atoms with Crippen molar-refractivity contribution in [2.75, 3.05) is 55.7 Å². The molecule has 6 rings (SSSR count). The van der Waals surface area contributed by atoms with Crippen molar-refractivity contribution >= 4 is 21.3 Å². The number of fused-ring (bicyclic) bond motifs is 1. The summed E-state index contributed by atoms with van der Waals surface area (Å²) in [5.41, 5.74) is 4.80. The molecule has 0 unspecified atom stereocenters. The van der Waals surface area contributed by atoms with E-state index in [1.807, 2.05) is 24.3 Å². The number of benzene rings is 2. The first-order valence-electron chi connectivity index (χ1n) is 15.5. The number of sulfone groups is 1. The number of ether oxygens (including phenoxy) is 1. The third kappa shape index (κ3) is 6.57. The maximum atomic E-state index is 13.0. The smallest absolute Gasteiger partial charge is 0.163 e. The van der Waals surface area contributed by atoms with Gasteiger partial charge in [0.05, 0.1) is 18.1 Å². The second-order valence-electron chi connectivity index (χ2n) is 12.5. The Hall–Kier alpha value is -2.38. The van der Waals surface area contributed by atoms with Crippen molar-refractivity contribution in [1.82, 2.24) is 4.90 Å². The van der Waals surface area contributed by atoms with Crippen molar-refractivity contribution in [1.29, 1.82) is 0 Å². The van der Waals surface area contributed by atoms with Crippen LogP contribution in [-0.4, -0.2) is 69.9 Å². The third-order valence-corrected chi connectivity index (χ3v) is 11.6. The molecule has 216 valence electrons. The van der Waals surface area contributed by atoms with Gasteiger partial charge in [0, 0.05) is 42.7 Å². The van der Waals surface area contributed by atoms with E-state index in [1.54, 1.807) is 0 Å². The van der Waals surface area contributed by atoms with Crippen LogP contribution in [0.15, 0.2) is 42.5 Å². The molecule has 0 amide bonds. The Bertz CT molecular complexity index is 1260. The number of rotatable bonds is 8. The molecule has 2 aromatic rings. The molecule has 3 heterocycles. The molecule has 7 heteroatoms. The summed E-state index contributed by atoms with van der Waals surface area (Å²) in [7, 11) is -2.89. The molecule has 4 aliphatic rings. The maximum absolute atomic E-state index is 13.0. The summed E-state index contributed by atoms with van der Waals surface area (Å²) in [6.45, 7) is 5.52. The Morgan fingerprint density at radius 3 is 2.27 bits per heavy atom. The number of anilines is 1. The van der Waals surface area contributed by atoms with E-state index in [0.29, 0.717) is 31.3 Å². The van der Waals surface area contributed by atoms with Crippen LogP contribution in [0.25, 0.3) is 0 Å². The highest BCUT2D eigenvalue weighted by atomic mass is 32.2. The second kappa shape index (κ2) is 12.2. The first-order valence-corrected chi connectivity index (χ1v) is 17.3. The quantitative estimate of drug-likeness (QED) is 0.394. The van der Waals surface area contributed by atoms with Crippen molar-refractivity contribution in [3.05, 3.63) is 59.2 Å². The van der Waals surface area contributed by atoms with E-state index in [0.717, 1.165) is 35.9 Å². The van der Waals surface area contributed by atoms with Crippen molar-refractivity contribution in [3.8, 4) is 5.75 Å². The number of hydrogen-bond acceptors (Lipinski definition) is 6. The molecule has 40 heavy (non-hydrogen) atoms. The summed E-state index contributed by atoms with van der Waals surface area (Å²) in [6.07, 6.45) is 10.4. The molecule has 0 aromatic heterocycles. The Morgan fingerprint density at radius 2 is 1.55 bits per heavy atom. The molecule has 0 bridgehead atoms. The van der Waals surface area contributed by atoms with Gasteiger partial charge in [-0.2, -0.15) is 0 Å². The summed E-state index contributed by atoms with van der Waals surface area (Å²) in [4.78, 5) is 17.8. The number of ketones is 1. The summed E-state index contributed by atoms with van der Waals surface area (Å²) >= 11 is 0. The number of carbonyl (C=O) groups excluding carboxylic acids is 1. The van der Waals surface area contributed by atoms with Crippen molar-refractivity contribution in [2.24, 2.45) is 11.8 Å². The van der Waals surface area contributed by atoms with Gasteiger partial charge in [-0.25, -0.2) is 8.42 Å². The largest absolute Gasteiger partial charge is 0.493 e. The summed E-state index contributed by atoms with van der Waals surface area (Å²) < 4.78 is 29.2. The zero-order valence-electron chi connectivity index (χ0n) is 23.7. The molecule has 6 nitrogen and oxygen atoms in total. The fourth-order valence-electron chi connectivity index (χ4n) is 7.40. The number of carbonyl (C=O) groups is 1. The van der Waals surface area contributed by atoms with Gasteiger partial charge in [-0.3, -0.25) is 4.79 Å². The minimum atomic E-state index is -2.89. The van der Waals surface area contributed by atoms with Crippen LogP contribution in [0, 0.1) is 11.8 Å². The van der Waals surface area contributed by atoms with Gasteiger partial charge in [-0.1, -0.05) is 25.0 Å². The van der Waals surface area contributed by atoms with Gasteiger partial charge in [-0.05, 0) is 105 Å². The molecule has 0 N–H and O–H groups in total. The van der Waals surface area contributed by atoms with Crippen LogP contribution in [0.2, 0.25) is 0 Å². The lowest BCUT2D eigenvalue weighted by molar-refractivity contribution is 0.0939. The lowest BCUT2D eigenvalue weighted by Crippen LogP contribution is -2.40. The molecular weight excluding hydrogens is 520 g/mol. The SMILES string of the molecule is O=C(CC1CCC(CCN2CCC(c3cccc4c3CCO4)CC2)CC1)c1ccc(N2CCS(=O)(=O)CC2)cc1. The molecule has 0 radical (unpaired) electrons. The van der Waals surface area contributed by atoms with Crippen LogP contribution in [0.1, 0.15) is 78.8 Å². The third-order valence-electron chi connectivity index (χ3n) is 10.00. The van der Waals surface area contributed by atoms with Gasteiger partial charge in [0.15, 0.2) is 15.6 Å². The van der Waals surface area contributed by atoms with E-state index in [-0.39, 0.29) is 17.3 Å². The minimum Gasteiger partial charge on any atom is -0.493 e. The first-order chi connectivity index (χ1) is 19.4. The number of hydrogen-bond donors (Lipinski definition) is 0. The Kier molecular flexibility index (Phi) is 8.50. The minimum absolute atomic E-state index is 0.209. The predicted octanol–water partition coefficient (Wildman–Crippen LogP) is 5.51. The second-order valence-corrected chi connectivity index (χ2v) is 14.8. The molecule has 1 aliphatic carbocycles. The molecule has 0 atom stereocenters. The maximum Gasteiger partial charge on any atom is 0.163 e. The van der Waals surface area contributed by atoms with Crippen molar-refractivity contribution in [3.63, 3.8) is 0 Å². The average molecular weight is 565 g/mol. The topological polar surface area (TPSA) is 66.9 Å². The highest BCUT2D eigenvalue weighted by Crippen LogP contribution is 2.38. The van der Waals surface area contributed by atoms with E-state index in [2.05, 4.69) is 28.0 Å². The Morgan fingerprint density at radius 1 is 0.850 bits per heavy atom. The Labute approximate surface area is 240 Å². The number of nitrogens with zero attached hydrogens (tertiary/aromatic N) is 2. The van der Waals surface area contributed by atoms with Crippen LogP contribution in [0.5, 0.6) is 5.75 Å². The summed E-state index contributed by atoms with van der Waals surface area (Å²) in [5, 5.41) is 0. The summed E-state index contributed by atoms with van der Waals surface area (Å²) in [6, 6.07) is 14.4. The zero-order chi connectivity index (χ0) is 27.5. The fraction of sp³-hybridized carbons (Fsp3) is 0.606. The molecule has 3 fully saturated rings. The van der Waals surface area contributed by atoms with Gasteiger partial charge < -0.3 is 14.5 Å². The average Bonchev–Trinajstić information content (AvgIpc) is 3.47. The van der Waals surface area contributed by atoms with E-state index in [1.165, 1.54) is 75.7 Å². The summed E-state index contributed by atoms with van der Waals surface area (Å²) in [5.74, 6) is 3.76. The van der Waals surface area contributed by atoms with Crippen LogP contribution in [-0.2, 0) is 16.3 Å². The number of Topliss-reactive ketones (excluding diaryl/α,β-unsaturated/α-hetero) is 1. The van der Waals surface area contributed by atoms with Crippen LogP contribution in [0.4, 0.5) is 5.69 Å². The monoisotopic (exact) mass is 564 g/mol. The molecule has 2 aromatic carbocycles. The first kappa shape index (κ1) is 27.8. The Balaban J connectivity index is 0.897. The normalized spacial score (nSPS) is 25.4. The fourth-order valence-corrected chi connectivity index (χ4v) is 8.60. The highest BCUT2D eigenvalue weighted by molar-refractivity contribution is 7.91. The predicted molar refractivity (Wildman–Crippen MR) is 160 cm³/mol. The van der Waals surface area contributed by atoms with E-state index in [9.17, 15) is 13.2 Å². The number of likely N-dealkylation sites (tertiary alicyclic amines) is 1. The van der Waals surface area contributed by atoms with Gasteiger partial charge in [0.25, 0.3) is 0 Å². The number of piperidine rings is 1. The molecule has 1 saturated carbocycles. The lowest BCUT2D eigenvalue weighted by Gasteiger charge is -2.35. The molecule has 0 spiro atoms. The highest BCUT2D eigenvalue weighted by Gasteiger charge is 2.28. The van der Waals surface area contributed by atoms with Gasteiger partial charge in [-0.15, -0.1) is 0 Å². The van der Waals surface area contributed by atoms with E-state index >= 15 is 0 Å². The lowest BCUT2D eigenvalue weighted by atomic mass is 9.78. The molecule has 3 aliphatic heterocycles. The standard InChI is InChI=1S/C33H44N2O4S/c36-32(28-8-10-29(11-9-28)35-19-22-40(37,38)23-20-35)24-26-6-4-25(5-7-26)12-16-34-17-13-27(14-18-34)30-2-1-3-33-31(30)15-21-39-33/h1-3,8-11,25-27H,4-7,12-24H2. The van der Waals surface area contributed by atoms with E-state index < -0.39 is 9.84 Å². The molecule has 2 saturated heterocycles. The van der Waals surface area contributed by atoms with Gasteiger partial charge in [0.1, 0.15) is 5.75 Å². The zero-order valence-corrected chi connectivity index (χ0v) is 24.5. The van der Waals surface area contributed by atoms with Crippen molar-refractivity contribution in [2.45, 2.75) is 63.7 Å². The van der Waals surface area contributed by atoms with Gasteiger partial charge in [0.2, 0.25) is 0 Å². The van der Waals surface area contributed by atoms with Crippen LogP contribution in [0.3, 0.4) is 0 Å². The van der Waals surface area contributed by atoms with E-state index in [4.69, 9.17) is 4.74 Å². The van der Waals surface area contributed by atoms with Crippen LogP contribution >= 0.6 is 0 Å². The van der Waals surface area contributed by atoms with Crippen LogP contribution < -0.4 is 9.64 Å².